The largest absolute Gasteiger partial charge is 0.478 e. The Kier molecular flexibility index (Phi) is 4.68. The third-order valence-electron chi connectivity index (χ3n) is 3.53. The van der Waals surface area contributed by atoms with Crippen molar-refractivity contribution in [3.8, 4) is 0 Å². The van der Waals surface area contributed by atoms with E-state index in [1.54, 1.807) is 0 Å². The lowest BCUT2D eigenvalue weighted by atomic mass is 10.1. The molecule has 1 aliphatic rings. The van der Waals surface area contributed by atoms with Gasteiger partial charge in [0.05, 0.1) is 6.20 Å². The van der Waals surface area contributed by atoms with Crippen LogP contribution in [0.1, 0.15) is 36.5 Å². The van der Waals surface area contributed by atoms with Crippen LogP contribution in [0.2, 0.25) is 0 Å². The van der Waals surface area contributed by atoms with Gasteiger partial charge in [0.2, 0.25) is 0 Å². The maximum Gasteiger partial charge on any atom is 0.339 e. The maximum absolute atomic E-state index is 11.0. The van der Waals surface area contributed by atoms with Gasteiger partial charge in [0.15, 0.2) is 5.82 Å². The van der Waals surface area contributed by atoms with Gasteiger partial charge in [-0.15, -0.1) is 5.10 Å². The van der Waals surface area contributed by atoms with Gasteiger partial charge in [0.1, 0.15) is 5.56 Å². The van der Waals surface area contributed by atoms with Gasteiger partial charge in [-0.1, -0.05) is 6.42 Å². The minimum atomic E-state index is -0.983. The molecule has 1 atom stereocenters. The molecular formula is C13H20N4O2. The van der Waals surface area contributed by atoms with Crippen LogP contribution in [0.25, 0.3) is 0 Å². The Morgan fingerprint density at radius 3 is 2.89 bits per heavy atom. The molecule has 0 spiro atoms. The predicted octanol–water partition coefficient (Wildman–Crippen LogP) is 1.46. The number of aromatic nitrogens is 2. The molecule has 1 unspecified atom stereocenters. The topological polar surface area (TPSA) is 78.3 Å². The highest BCUT2D eigenvalue weighted by molar-refractivity contribution is 5.92. The van der Waals surface area contributed by atoms with Crippen LogP contribution in [-0.4, -0.2) is 51.8 Å². The van der Waals surface area contributed by atoms with Crippen molar-refractivity contribution in [3.05, 3.63) is 17.8 Å². The van der Waals surface area contributed by atoms with Crippen LogP contribution < -0.4 is 5.32 Å². The Bertz CT molecular complexity index is 432. The lowest BCUT2D eigenvalue weighted by Gasteiger charge is -2.32. The predicted molar refractivity (Wildman–Crippen MR) is 72.4 cm³/mol. The molecule has 1 saturated heterocycles. The number of rotatable bonds is 5. The van der Waals surface area contributed by atoms with Gasteiger partial charge in [0, 0.05) is 12.6 Å². The average Bonchev–Trinajstić information content (AvgIpc) is 2.46. The van der Waals surface area contributed by atoms with Gasteiger partial charge >= 0.3 is 5.97 Å². The first-order chi connectivity index (χ1) is 9.18. The van der Waals surface area contributed by atoms with E-state index in [4.69, 9.17) is 5.11 Å². The number of hydrogen-bond acceptors (Lipinski definition) is 5. The number of hydrogen-bond donors (Lipinski definition) is 2. The molecule has 0 saturated carbocycles. The molecule has 1 aromatic rings. The summed E-state index contributed by atoms with van der Waals surface area (Å²) in [6.45, 7) is 5.07. The van der Waals surface area contributed by atoms with E-state index >= 15 is 0 Å². The fourth-order valence-corrected chi connectivity index (χ4v) is 2.37. The molecule has 1 fully saturated rings. The zero-order valence-corrected chi connectivity index (χ0v) is 11.2. The number of nitrogens with one attached hydrogen (secondary N) is 1. The third kappa shape index (κ3) is 3.64. The maximum atomic E-state index is 11.0. The highest BCUT2D eigenvalue weighted by Gasteiger charge is 2.18. The molecule has 0 aromatic carbocycles. The van der Waals surface area contributed by atoms with Gasteiger partial charge in [0.25, 0.3) is 0 Å². The van der Waals surface area contributed by atoms with Gasteiger partial charge in [-0.05, 0) is 38.9 Å². The summed E-state index contributed by atoms with van der Waals surface area (Å²) in [5.41, 5.74) is 0.167. The van der Waals surface area contributed by atoms with E-state index in [2.05, 4.69) is 27.3 Å². The molecule has 2 rings (SSSR count). The van der Waals surface area contributed by atoms with Gasteiger partial charge in [-0.3, -0.25) is 4.90 Å². The summed E-state index contributed by atoms with van der Waals surface area (Å²) < 4.78 is 0. The number of piperidine rings is 1. The van der Waals surface area contributed by atoms with Crippen molar-refractivity contribution in [1.29, 1.82) is 0 Å². The number of carboxylic acid groups (broad SMARTS) is 1. The van der Waals surface area contributed by atoms with E-state index in [1.165, 1.54) is 31.5 Å². The summed E-state index contributed by atoms with van der Waals surface area (Å²) in [5.74, 6) is -0.637. The normalized spacial score (nSPS) is 17.9. The van der Waals surface area contributed by atoms with E-state index in [0.29, 0.717) is 18.4 Å². The van der Waals surface area contributed by atoms with Crippen molar-refractivity contribution in [2.75, 3.05) is 25.0 Å². The Morgan fingerprint density at radius 1 is 1.47 bits per heavy atom. The van der Waals surface area contributed by atoms with Gasteiger partial charge in [-0.2, -0.15) is 5.10 Å². The zero-order valence-electron chi connectivity index (χ0n) is 11.2. The first-order valence-electron chi connectivity index (χ1n) is 6.71. The molecule has 2 N–H and O–H groups in total. The van der Waals surface area contributed by atoms with Gasteiger partial charge < -0.3 is 10.4 Å². The van der Waals surface area contributed by atoms with Crippen LogP contribution in [0, 0.1) is 0 Å². The molecule has 6 heteroatoms. The first kappa shape index (κ1) is 13.7. The Balaban J connectivity index is 1.92. The van der Waals surface area contributed by atoms with Crippen molar-refractivity contribution in [2.24, 2.45) is 0 Å². The smallest absolute Gasteiger partial charge is 0.339 e. The molecule has 2 heterocycles. The van der Waals surface area contributed by atoms with Crippen molar-refractivity contribution in [3.63, 3.8) is 0 Å². The summed E-state index contributed by atoms with van der Waals surface area (Å²) in [5, 5.41) is 19.7. The number of likely N-dealkylation sites (tertiary alicyclic amines) is 1. The molecule has 1 aliphatic heterocycles. The second kappa shape index (κ2) is 6.47. The van der Waals surface area contributed by atoms with Crippen LogP contribution in [-0.2, 0) is 0 Å². The molecule has 6 nitrogen and oxygen atoms in total. The Labute approximate surface area is 112 Å². The second-order valence-electron chi connectivity index (χ2n) is 4.93. The lowest BCUT2D eigenvalue weighted by molar-refractivity contribution is 0.0697. The Morgan fingerprint density at radius 2 is 2.21 bits per heavy atom. The van der Waals surface area contributed by atoms with Crippen molar-refractivity contribution < 1.29 is 9.90 Å². The molecule has 0 radical (unpaired) electrons. The third-order valence-corrected chi connectivity index (χ3v) is 3.53. The lowest BCUT2D eigenvalue weighted by Crippen LogP contribution is -2.41. The molecule has 0 amide bonds. The Hall–Kier alpha value is -1.69. The minimum absolute atomic E-state index is 0.167. The molecule has 0 bridgehead atoms. The number of carboxylic acids is 1. The minimum Gasteiger partial charge on any atom is -0.478 e. The van der Waals surface area contributed by atoms with E-state index in [9.17, 15) is 4.79 Å². The van der Waals surface area contributed by atoms with Crippen LogP contribution in [0.5, 0.6) is 0 Å². The first-order valence-corrected chi connectivity index (χ1v) is 6.71. The van der Waals surface area contributed by atoms with E-state index in [0.717, 1.165) is 13.1 Å². The summed E-state index contributed by atoms with van der Waals surface area (Å²) in [6, 6.07) is 1.83. The molecule has 0 aliphatic carbocycles. The zero-order chi connectivity index (χ0) is 13.7. The van der Waals surface area contributed by atoms with E-state index in [-0.39, 0.29) is 5.56 Å². The molecule has 104 valence electrons. The number of anilines is 1. The number of carbonyl (C=O) groups is 1. The average molecular weight is 264 g/mol. The highest BCUT2D eigenvalue weighted by Crippen LogP contribution is 2.14. The molecule has 1 aromatic heterocycles. The fraction of sp³-hybridized carbons (Fsp3) is 0.615. The summed E-state index contributed by atoms with van der Waals surface area (Å²) in [4.78, 5) is 13.5. The monoisotopic (exact) mass is 264 g/mol. The van der Waals surface area contributed by atoms with Crippen molar-refractivity contribution in [2.45, 2.75) is 32.2 Å². The van der Waals surface area contributed by atoms with Crippen LogP contribution in [0.4, 0.5) is 5.82 Å². The molecular weight excluding hydrogens is 244 g/mol. The SMILES string of the molecule is CC(CNc1nnccc1C(=O)O)N1CCCCC1. The van der Waals surface area contributed by atoms with Crippen molar-refractivity contribution >= 4 is 11.8 Å². The quantitative estimate of drug-likeness (QED) is 0.838. The van der Waals surface area contributed by atoms with Crippen LogP contribution in [0.3, 0.4) is 0 Å². The summed E-state index contributed by atoms with van der Waals surface area (Å²) >= 11 is 0. The summed E-state index contributed by atoms with van der Waals surface area (Å²) in [6.07, 6.45) is 5.19. The van der Waals surface area contributed by atoms with Crippen LogP contribution in [0.15, 0.2) is 12.3 Å². The van der Waals surface area contributed by atoms with Gasteiger partial charge in [-0.25, -0.2) is 4.79 Å². The van der Waals surface area contributed by atoms with Crippen molar-refractivity contribution in [1.82, 2.24) is 15.1 Å². The number of nitrogens with zero attached hydrogens (tertiary/aromatic N) is 3. The van der Waals surface area contributed by atoms with E-state index < -0.39 is 5.97 Å². The number of aromatic carboxylic acids is 1. The van der Waals surface area contributed by atoms with Crippen LogP contribution >= 0.6 is 0 Å². The van der Waals surface area contributed by atoms with E-state index in [1.807, 2.05) is 0 Å². The standard InChI is InChI=1S/C13H20N4O2/c1-10(17-7-3-2-4-8-17)9-14-12-11(13(18)19)5-6-15-16-12/h5-6,10H,2-4,7-9H2,1H3,(H,14,16)(H,18,19). The summed E-state index contributed by atoms with van der Waals surface area (Å²) in [7, 11) is 0. The second-order valence-corrected chi connectivity index (χ2v) is 4.93. The fourth-order valence-electron chi connectivity index (χ4n) is 2.37. The molecule has 19 heavy (non-hydrogen) atoms. The highest BCUT2D eigenvalue weighted by atomic mass is 16.4.